The monoisotopic (exact) mass is 172 g/mol. The number of nitrogens with one attached hydrogen (secondary N) is 3. The van der Waals surface area contributed by atoms with E-state index in [-0.39, 0.29) is 5.96 Å². The van der Waals surface area contributed by atoms with E-state index in [1.807, 2.05) is 0 Å². The number of hydrogen-bond donors (Lipinski definition) is 4. The Labute approximate surface area is 74.4 Å². The van der Waals surface area contributed by atoms with E-state index >= 15 is 0 Å². The number of rotatable bonds is 6. The van der Waals surface area contributed by atoms with Gasteiger partial charge < -0.3 is 16.4 Å². The van der Waals surface area contributed by atoms with Crippen LogP contribution in [-0.4, -0.2) is 25.1 Å². The highest BCUT2D eigenvalue weighted by atomic mass is 15.0. The predicted molar refractivity (Wildman–Crippen MR) is 52.3 cm³/mol. The van der Waals surface area contributed by atoms with Gasteiger partial charge in [-0.25, -0.2) is 0 Å². The van der Waals surface area contributed by atoms with Crippen molar-refractivity contribution >= 4 is 5.96 Å². The van der Waals surface area contributed by atoms with Crippen molar-refractivity contribution in [2.45, 2.75) is 32.7 Å². The highest BCUT2D eigenvalue weighted by molar-refractivity contribution is 5.74. The first kappa shape index (κ1) is 11.2. The second-order valence-electron chi connectivity index (χ2n) is 3.16. The summed E-state index contributed by atoms with van der Waals surface area (Å²) in [4.78, 5) is 0. The SMILES string of the molecule is CC(C)NCCCCNC(=N)N. The van der Waals surface area contributed by atoms with Crippen LogP contribution >= 0.6 is 0 Å². The molecule has 0 aliphatic rings. The molecule has 0 amide bonds. The Hall–Kier alpha value is -0.770. The van der Waals surface area contributed by atoms with E-state index < -0.39 is 0 Å². The van der Waals surface area contributed by atoms with Crippen molar-refractivity contribution in [3.63, 3.8) is 0 Å². The van der Waals surface area contributed by atoms with Gasteiger partial charge in [0, 0.05) is 12.6 Å². The van der Waals surface area contributed by atoms with Crippen LogP contribution in [0.15, 0.2) is 0 Å². The molecule has 0 aromatic heterocycles. The van der Waals surface area contributed by atoms with Gasteiger partial charge in [-0.3, -0.25) is 5.41 Å². The third kappa shape index (κ3) is 9.23. The Morgan fingerprint density at radius 3 is 2.42 bits per heavy atom. The Kier molecular flexibility index (Phi) is 6.47. The number of guanidine groups is 1. The topological polar surface area (TPSA) is 73.9 Å². The molecule has 0 saturated carbocycles. The minimum Gasteiger partial charge on any atom is -0.370 e. The van der Waals surface area contributed by atoms with Gasteiger partial charge in [-0.1, -0.05) is 13.8 Å². The van der Waals surface area contributed by atoms with Crippen molar-refractivity contribution in [3.05, 3.63) is 0 Å². The maximum absolute atomic E-state index is 6.89. The average molecular weight is 172 g/mol. The molecule has 0 bridgehead atoms. The second kappa shape index (κ2) is 6.91. The first-order chi connectivity index (χ1) is 5.63. The molecule has 12 heavy (non-hydrogen) atoms. The first-order valence-electron chi connectivity index (χ1n) is 4.44. The minimum absolute atomic E-state index is 0.0619. The van der Waals surface area contributed by atoms with Crippen LogP contribution in [0.2, 0.25) is 0 Å². The van der Waals surface area contributed by atoms with Crippen LogP contribution in [0.25, 0.3) is 0 Å². The van der Waals surface area contributed by atoms with Gasteiger partial charge >= 0.3 is 0 Å². The van der Waals surface area contributed by atoms with Gasteiger partial charge in [-0.2, -0.15) is 0 Å². The van der Waals surface area contributed by atoms with Crippen molar-refractivity contribution in [2.75, 3.05) is 13.1 Å². The molecule has 72 valence electrons. The Morgan fingerprint density at radius 1 is 1.33 bits per heavy atom. The molecule has 0 aliphatic carbocycles. The fourth-order valence-electron chi connectivity index (χ4n) is 0.864. The molecule has 0 unspecified atom stereocenters. The summed E-state index contributed by atoms with van der Waals surface area (Å²) in [7, 11) is 0. The Morgan fingerprint density at radius 2 is 1.92 bits per heavy atom. The zero-order chi connectivity index (χ0) is 9.40. The standard InChI is InChI=1S/C8H20N4/c1-7(2)11-5-3-4-6-12-8(9)10/h7,11H,3-6H2,1-2H3,(H4,9,10,12). The molecule has 5 N–H and O–H groups in total. The molecule has 0 aliphatic heterocycles. The van der Waals surface area contributed by atoms with E-state index in [2.05, 4.69) is 24.5 Å². The third-order valence-electron chi connectivity index (χ3n) is 1.47. The summed E-state index contributed by atoms with van der Waals surface area (Å²) < 4.78 is 0. The van der Waals surface area contributed by atoms with E-state index in [0.717, 1.165) is 25.9 Å². The molecule has 0 atom stereocenters. The summed E-state index contributed by atoms with van der Waals surface area (Å²) in [5, 5.41) is 13.0. The molecule has 0 saturated heterocycles. The molecular formula is C8H20N4. The Balaban J connectivity index is 2.96. The van der Waals surface area contributed by atoms with Crippen molar-refractivity contribution in [1.82, 2.24) is 10.6 Å². The second-order valence-corrected chi connectivity index (χ2v) is 3.16. The highest BCUT2D eigenvalue weighted by Crippen LogP contribution is 1.85. The van der Waals surface area contributed by atoms with Gasteiger partial charge in [0.1, 0.15) is 0 Å². The zero-order valence-electron chi connectivity index (χ0n) is 7.98. The van der Waals surface area contributed by atoms with Crippen LogP contribution in [0.3, 0.4) is 0 Å². The maximum Gasteiger partial charge on any atom is 0.185 e. The lowest BCUT2D eigenvalue weighted by atomic mass is 10.3. The van der Waals surface area contributed by atoms with Crippen molar-refractivity contribution in [1.29, 1.82) is 5.41 Å². The predicted octanol–water partition coefficient (Wildman–Crippen LogP) is 0.248. The summed E-state index contributed by atoms with van der Waals surface area (Å²) in [5.74, 6) is 0.0619. The van der Waals surface area contributed by atoms with Crippen LogP contribution < -0.4 is 16.4 Å². The van der Waals surface area contributed by atoms with E-state index in [9.17, 15) is 0 Å². The van der Waals surface area contributed by atoms with E-state index in [0.29, 0.717) is 6.04 Å². The van der Waals surface area contributed by atoms with Crippen LogP contribution in [0, 0.1) is 5.41 Å². The number of unbranched alkanes of at least 4 members (excludes halogenated alkanes) is 1. The number of hydrogen-bond acceptors (Lipinski definition) is 2. The van der Waals surface area contributed by atoms with Gasteiger partial charge in [0.2, 0.25) is 0 Å². The largest absolute Gasteiger partial charge is 0.370 e. The fraction of sp³-hybridized carbons (Fsp3) is 0.875. The summed E-state index contributed by atoms with van der Waals surface area (Å²) in [6.45, 7) is 6.11. The maximum atomic E-state index is 6.89. The van der Waals surface area contributed by atoms with Gasteiger partial charge in [-0.15, -0.1) is 0 Å². The molecule has 0 fully saturated rings. The summed E-state index contributed by atoms with van der Waals surface area (Å²) >= 11 is 0. The van der Waals surface area contributed by atoms with Crippen molar-refractivity contribution < 1.29 is 0 Å². The summed E-state index contributed by atoms with van der Waals surface area (Å²) in [6, 6.07) is 0.561. The zero-order valence-corrected chi connectivity index (χ0v) is 7.98. The summed E-state index contributed by atoms with van der Waals surface area (Å²) in [5.41, 5.74) is 5.11. The summed E-state index contributed by atoms with van der Waals surface area (Å²) in [6.07, 6.45) is 2.18. The molecule has 4 nitrogen and oxygen atoms in total. The Bertz CT molecular complexity index is 122. The number of nitrogens with two attached hydrogens (primary N) is 1. The third-order valence-corrected chi connectivity index (χ3v) is 1.47. The van der Waals surface area contributed by atoms with Gasteiger partial charge in [0.15, 0.2) is 5.96 Å². The van der Waals surface area contributed by atoms with Gasteiger partial charge in [0.05, 0.1) is 0 Å². The van der Waals surface area contributed by atoms with E-state index in [1.54, 1.807) is 0 Å². The highest BCUT2D eigenvalue weighted by Gasteiger charge is 1.92. The molecule has 0 heterocycles. The van der Waals surface area contributed by atoms with E-state index in [4.69, 9.17) is 11.1 Å². The van der Waals surface area contributed by atoms with E-state index in [1.165, 1.54) is 0 Å². The molecule has 0 aromatic carbocycles. The van der Waals surface area contributed by atoms with Crippen LogP contribution in [0.4, 0.5) is 0 Å². The lowest BCUT2D eigenvalue weighted by molar-refractivity contribution is 0.555. The smallest absolute Gasteiger partial charge is 0.185 e. The first-order valence-corrected chi connectivity index (χ1v) is 4.44. The van der Waals surface area contributed by atoms with Gasteiger partial charge in [0.25, 0.3) is 0 Å². The molecule has 4 heteroatoms. The minimum atomic E-state index is 0.0619. The quantitative estimate of drug-likeness (QED) is 0.263. The molecular weight excluding hydrogens is 152 g/mol. The van der Waals surface area contributed by atoms with Crippen molar-refractivity contribution in [2.24, 2.45) is 5.73 Å². The molecule has 0 aromatic rings. The fourth-order valence-corrected chi connectivity index (χ4v) is 0.864. The molecule has 0 radical (unpaired) electrons. The lowest BCUT2D eigenvalue weighted by Gasteiger charge is -2.07. The lowest BCUT2D eigenvalue weighted by Crippen LogP contribution is -2.31. The van der Waals surface area contributed by atoms with Crippen LogP contribution in [0.1, 0.15) is 26.7 Å². The average Bonchev–Trinajstić information content (AvgIpc) is 1.95. The van der Waals surface area contributed by atoms with Crippen LogP contribution in [-0.2, 0) is 0 Å². The molecule has 0 spiro atoms. The van der Waals surface area contributed by atoms with Crippen LogP contribution in [0.5, 0.6) is 0 Å². The van der Waals surface area contributed by atoms with Crippen molar-refractivity contribution in [3.8, 4) is 0 Å². The van der Waals surface area contributed by atoms with Gasteiger partial charge in [-0.05, 0) is 19.4 Å². The molecule has 0 rings (SSSR count). The normalized spacial score (nSPS) is 10.2.